The van der Waals surface area contributed by atoms with Crippen molar-refractivity contribution >= 4 is 27.5 Å². The van der Waals surface area contributed by atoms with Crippen LogP contribution in [0.25, 0.3) is 0 Å². The first-order valence-corrected chi connectivity index (χ1v) is 7.96. The first-order valence-electron chi connectivity index (χ1n) is 7.17. The van der Waals surface area contributed by atoms with Gasteiger partial charge in [0.25, 0.3) is 0 Å². The van der Waals surface area contributed by atoms with E-state index in [4.69, 9.17) is 0 Å². The van der Waals surface area contributed by atoms with Crippen molar-refractivity contribution in [1.82, 2.24) is 0 Å². The fraction of sp³-hybridized carbons (Fsp3) is 0.562. The zero-order valence-electron chi connectivity index (χ0n) is 11.7. The molecule has 1 amide bonds. The van der Waals surface area contributed by atoms with E-state index in [1.54, 1.807) is 0 Å². The highest BCUT2D eigenvalue weighted by atomic mass is 79.9. The Balaban J connectivity index is 1.92. The van der Waals surface area contributed by atoms with Gasteiger partial charge in [0.1, 0.15) is 0 Å². The lowest BCUT2D eigenvalue weighted by Crippen LogP contribution is -2.27. The van der Waals surface area contributed by atoms with Gasteiger partial charge in [0.05, 0.1) is 0 Å². The van der Waals surface area contributed by atoms with Crippen LogP contribution in [0.2, 0.25) is 0 Å². The Bertz CT molecular complexity index is 450. The van der Waals surface area contributed by atoms with E-state index in [1.165, 1.54) is 19.3 Å². The van der Waals surface area contributed by atoms with Crippen molar-refractivity contribution in [2.24, 2.45) is 11.8 Å². The summed E-state index contributed by atoms with van der Waals surface area (Å²) >= 11 is 3.47. The summed E-state index contributed by atoms with van der Waals surface area (Å²) in [6, 6.07) is 5.95. The van der Waals surface area contributed by atoms with Crippen LogP contribution >= 0.6 is 15.9 Å². The molecule has 0 atom stereocenters. The van der Waals surface area contributed by atoms with Crippen molar-refractivity contribution in [2.75, 3.05) is 5.32 Å². The zero-order valence-corrected chi connectivity index (χ0v) is 13.3. The van der Waals surface area contributed by atoms with E-state index in [0.717, 1.165) is 34.5 Å². The Hall–Kier alpha value is -0.830. The highest BCUT2D eigenvalue weighted by Gasteiger charge is 2.25. The maximum atomic E-state index is 12.2. The number of hydrogen-bond acceptors (Lipinski definition) is 1. The molecule has 19 heavy (non-hydrogen) atoms. The minimum atomic E-state index is 0.191. The topological polar surface area (TPSA) is 29.1 Å². The third-order valence-electron chi connectivity index (χ3n) is 4.22. The van der Waals surface area contributed by atoms with E-state index in [-0.39, 0.29) is 11.8 Å². The van der Waals surface area contributed by atoms with Crippen molar-refractivity contribution in [1.29, 1.82) is 0 Å². The minimum Gasteiger partial charge on any atom is -0.326 e. The summed E-state index contributed by atoms with van der Waals surface area (Å²) in [7, 11) is 0. The van der Waals surface area contributed by atoms with Crippen molar-refractivity contribution in [3.8, 4) is 0 Å². The van der Waals surface area contributed by atoms with Gasteiger partial charge in [-0.2, -0.15) is 0 Å². The quantitative estimate of drug-likeness (QED) is 0.841. The van der Waals surface area contributed by atoms with Gasteiger partial charge in [-0.1, -0.05) is 29.3 Å². The Morgan fingerprint density at radius 1 is 1.32 bits per heavy atom. The molecule has 0 aliphatic heterocycles. The summed E-state index contributed by atoms with van der Waals surface area (Å²) in [4.78, 5) is 12.2. The molecule has 1 aromatic rings. The number of amides is 1. The number of aryl methyl sites for hydroxylation is 1. The van der Waals surface area contributed by atoms with Crippen molar-refractivity contribution in [2.45, 2.75) is 46.0 Å². The van der Waals surface area contributed by atoms with Crippen LogP contribution in [0.5, 0.6) is 0 Å². The number of rotatable bonds is 3. The molecule has 0 radical (unpaired) electrons. The zero-order chi connectivity index (χ0) is 13.8. The third kappa shape index (κ3) is 3.82. The lowest BCUT2D eigenvalue weighted by molar-refractivity contribution is -0.121. The van der Waals surface area contributed by atoms with Crippen molar-refractivity contribution < 1.29 is 4.79 Å². The molecule has 1 saturated carbocycles. The molecule has 1 N–H and O–H groups in total. The van der Waals surface area contributed by atoms with Crippen LogP contribution < -0.4 is 5.32 Å². The summed E-state index contributed by atoms with van der Waals surface area (Å²) in [6.07, 6.45) is 5.74. The van der Waals surface area contributed by atoms with Gasteiger partial charge < -0.3 is 5.32 Å². The number of carbonyl (C=O) groups is 1. The summed E-state index contributed by atoms with van der Waals surface area (Å²) in [6.45, 7) is 4.28. The molecule has 0 aromatic heterocycles. The van der Waals surface area contributed by atoms with Crippen LogP contribution in [0.3, 0.4) is 0 Å². The highest BCUT2D eigenvalue weighted by molar-refractivity contribution is 9.10. The summed E-state index contributed by atoms with van der Waals surface area (Å²) in [5.41, 5.74) is 2.05. The van der Waals surface area contributed by atoms with E-state index in [0.29, 0.717) is 0 Å². The van der Waals surface area contributed by atoms with Crippen LogP contribution in [0, 0.1) is 18.8 Å². The van der Waals surface area contributed by atoms with Crippen molar-refractivity contribution in [3.05, 3.63) is 28.2 Å². The van der Waals surface area contributed by atoms with Gasteiger partial charge in [-0.15, -0.1) is 0 Å². The minimum absolute atomic E-state index is 0.191. The summed E-state index contributed by atoms with van der Waals surface area (Å²) in [5.74, 6) is 1.22. The molecule has 104 valence electrons. The molecule has 1 aliphatic rings. The van der Waals surface area contributed by atoms with E-state index in [1.807, 2.05) is 25.1 Å². The standard InChI is InChI=1S/C16H22BrNO/c1-3-12-4-6-13(7-5-12)16(19)18-14-8-9-15(17)11(2)10-14/h8-10,12-13H,3-7H2,1-2H3,(H,18,19). The first-order chi connectivity index (χ1) is 9.10. The van der Waals surface area contributed by atoms with Gasteiger partial charge in [0.2, 0.25) is 5.91 Å². The average Bonchev–Trinajstić information content (AvgIpc) is 2.43. The van der Waals surface area contributed by atoms with Gasteiger partial charge in [-0.3, -0.25) is 4.79 Å². The highest BCUT2D eigenvalue weighted by Crippen LogP contribution is 2.31. The van der Waals surface area contributed by atoms with Crippen LogP contribution in [0.1, 0.15) is 44.6 Å². The summed E-state index contributed by atoms with van der Waals surface area (Å²) < 4.78 is 1.08. The van der Waals surface area contributed by atoms with Gasteiger partial charge in [-0.05, 0) is 62.3 Å². The van der Waals surface area contributed by atoms with Gasteiger partial charge >= 0.3 is 0 Å². The molecule has 3 heteroatoms. The maximum Gasteiger partial charge on any atom is 0.227 e. The predicted octanol–water partition coefficient (Wildman–Crippen LogP) is 4.91. The smallest absolute Gasteiger partial charge is 0.227 e. The van der Waals surface area contributed by atoms with Gasteiger partial charge in [0.15, 0.2) is 0 Å². The molecule has 1 fully saturated rings. The van der Waals surface area contributed by atoms with Gasteiger partial charge in [0, 0.05) is 16.1 Å². The normalized spacial score (nSPS) is 23.1. The largest absolute Gasteiger partial charge is 0.326 e. The number of anilines is 1. The number of carbonyl (C=O) groups excluding carboxylic acids is 1. The first kappa shape index (κ1) is 14.6. The third-order valence-corrected chi connectivity index (χ3v) is 5.11. The lowest BCUT2D eigenvalue weighted by Gasteiger charge is -2.27. The molecule has 2 nitrogen and oxygen atoms in total. The molecule has 0 bridgehead atoms. The Morgan fingerprint density at radius 2 is 2.00 bits per heavy atom. The SMILES string of the molecule is CCC1CCC(C(=O)Nc2ccc(Br)c(C)c2)CC1. The number of hydrogen-bond donors (Lipinski definition) is 1. The molecule has 0 heterocycles. The number of benzene rings is 1. The number of halogens is 1. The lowest BCUT2D eigenvalue weighted by atomic mass is 9.80. The van der Waals surface area contributed by atoms with Gasteiger partial charge in [-0.25, -0.2) is 0 Å². The predicted molar refractivity (Wildman–Crippen MR) is 83.2 cm³/mol. The second-order valence-corrected chi connectivity index (χ2v) is 6.43. The molecule has 0 saturated heterocycles. The van der Waals surface area contributed by atoms with E-state index < -0.39 is 0 Å². The summed E-state index contributed by atoms with van der Waals surface area (Å²) in [5, 5.41) is 3.05. The van der Waals surface area contributed by atoms with E-state index in [2.05, 4.69) is 28.2 Å². The average molecular weight is 324 g/mol. The fourth-order valence-corrected chi connectivity index (χ4v) is 3.05. The maximum absolute atomic E-state index is 12.2. The van der Waals surface area contributed by atoms with Crippen molar-refractivity contribution in [3.63, 3.8) is 0 Å². The van der Waals surface area contributed by atoms with Crippen LogP contribution in [-0.2, 0) is 4.79 Å². The Morgan fingerprint density at radius 3 is 2.58 bits per heavy atom. The monoisotopic (exact) mass is 323 g/mol. The van der Waals surface area contributed by atoms with E-state index in [9.17, 15) is 4.79 Å². The molecule has 2 rings (SSSR count). The molecule has 0 spiro atoms. The Kier molecular flexibility index (Phi) is 5.03. The van der Waals surface area contributed by atoms with E-state index >= 15 is 0 Å². The van der Waals surface area contributed by atoms with Crippen LogP contribution in [-0.4, -0.2) is 5.91 Å². The molecule has 0 unspecified atom stereocenters. The van der Waals surface area contributed by atoms with Crippen LogP contribution in [0.4, 0.5) is 5.69 Å². The number of nitrogens with one attached hydrogen (secondary N) is 1. The fourth-order valence-electron chi connectivity index (χ4n) is 2.80. The second-order valence-electron chi connectivity index (χ2n) is 5.58. The molecular formula is C16H22BrNO. The molecular weight excluding hydrogens is 302 g/mol. The molecule has 1 aromatic carbocycles. The van der Waals surface area contributed by atoms with Crippen LogP contribution in [0.15, 0.2) is 22.7 Å². The second kappa shape index (κ2) is 6.56. The Labute approximate surface area is 124 Å². The molecule has 1 aliphatic carbocycles.